The quantitative estimate of drug-likeness (QED) is 0.148. The minimum atomic E-state index is 0. The molecule has 0 spiro atoms. The number of halogens is 4. The van der Waals surface area contributed by atoms with Gasteiger partial charge in [-0.2, -0.15) is 0 Å². The third-order valence-corrected chi connectivity index (χ3v) is 7.29. The highest BCUT2D eigenvalue weighted by Crippen LogP contribution is 2.30. The molecule has 4 aromatic heterocycles. The molecule has 0 aliphatic carbocycles. The van der Waals surface area contributed by atoms with Gasteiger partial charge in [-0.15, -0.1) is 24.0 Å². The van der Waals surface area contributed by atoms with Gasteiger partial charge in [0, 0.05) is 80.4 Å². The molecule has 0 bridgehead atoms. The first-order valence-corrected chi connectivity index (χ1v) is 13.8. The van der Waals surface area contributed by atoms with Crippen LogP contribution in [0.25, 0.3) is 31.5 Å². The average Bonchev–Trinajstić information content (AvgIpc) is 3.52. The van der Waals surface area contributed by atoms with Gasteiger partial charge in [0.05, 0.1) is 13.1 Å². The van der Waals surface area contributed by atoms with E-state index in [1.54, 1.807) is 30.9 Å². The number of nitrogens with one attached hydrogen (secondary N) is 1. The second kappa shape index (κ2) is 15.2. The van der Waals surface area contributed by atoms with Gasteiger partial charge in [-0.1, -0.05) is 12.1 Å². The van der Waals surface area contributed by atoms with E-state index in [9.17, 15) is 0 Å². The molecular weight excluding hydrogens is 675 g/mol. The van der Waals surface area contributed by atoms with Gasteiger partial charge in [-0.3, -0.25) is 9.97 Å². The summed E-state index contributed by atoms with van der Waals surface area (Å²) in [6.07, 6.45) is 11.0. The predicted octanol–water partition coefficient (Wildman–Crippen LogP) is 10.1. The van der Waals surface area contributed by atoms with Crippen LogP contribution in [0, 0.1) is 13.1 Å². The summed E-state index contributed by atoms with van der Waals surface area (Å²) < 4.78 is 4.19. The van der Waals surface area contributed by atoms with Crippen LogP contribution in [0.5, 0.6) is 0 Å². The van der Waals surface area contributed by atoms with E-state index in [1.807, 2.05) is 60.8 Å². The van der Waals surface area contributed by atoms with Crippen LogP contribution in [-0.2, 0) is 12.4 Å². The Bertz CT molecular complexity index is 1770. The summed E-state index contributed by atoms with van der Waals surface area (Å²) in [7, 11) is 0. The van der Waals surface area contributed by atoms with E-state index in [0.717, 1.165) is 42.9 Å². The fraction of sp³-hybridized carbons (Fsp3) is 0.0667. The molecular formula is C30H22Br2Cl2N6. The molecule has 6 nitrogen and oxygen atoms in total. The van der Waals surface area contributed by atoms with E-state index in [2.05, 4.69) is 67.3 Å². The molecule has 0 radical (unpaired) electrons. The molecule has 1 N–H and O–H groups in total. The Balaban J connectivity index is 0.000000180. The van der Waals surface area contributed by atoms with Crippen LogP contribution in [0.15, 0.2) is 107 Å². The van der Waals surface area contributed by atoms with Crippen LogP contribution in [0.3, 0.4) is 0 Å². The Hall–Kier alpha value is -3.66. The third kappa shape index (κ3) is 7.94. The monoisotopic (exact) mass is 694 g/mol. The van der Waals surface area contributed by atoms with Gasteiger partial charge in [-0.05, 0) is 91.5 Å². The molecule has 10 heteroatoms. The minimum Gasteiger partial charge on any atom is -0.360 e. The van der Waals surface area contributed by atoms with Crippen LogP contribution in [-0.4, -0.2) is 19.5 Å². The summed E-state index contributed by atoms with van der Waals surface area (Å²) in [5.41, 5.74) is 5.82. The zero-order valence-corrected chi connectivity index (χ0v) is 25.7. The molecule has 0 saturated carbocycles. The maximum absolute atomic E-state index is 7.07. The SMILES string of the molecule is Cl.ClCc1ccncc1.[C-]#[N+]c1ccc2[nH]cc(Br)c2c1.[C-]#[N+]c1ccc2c(c1)c(Br)cn2Cc1ccncc1. The smallest absolute Gasteiger partial charge is 0.188 e. The van der Waals surface area contributed by atoms with Crippen LogP contribution >= 0.6 is 55.9 Å². The molecule has 6 aromatic rings. The van der Waals surface area contributed by atoms with Gasteiger partial charge in [0.25, 0.3) is 0 Å². The summed E-state index contributed by atoms with van der Waals surface area (Å²) in [6, 6.07) is 19.1. The largest absolute Gasteiger partial charge is 0.360 e. The summed E-state index contributed by atoms with van der Waals surface area (Å²) in [5.74, 6) is 0.572. The molecule has 0 saturated heterocycles. The first kappa shape index (κ1) is 30.9. The second-order valence-corrected chi connectivity index (χ2v) is 10.2. The second-order valence-electron chi connectivity index (χ2n) is 8.24. The lowest BCUT2D eigenvalue weighted by molar-refractivity contribution is 0.833. The van der Waals surface area contributed by atoms with Gasteiger partial charge in [0.1, 0.15) is 0 Å². The number of aromatic nitrogens is 4. The van der Waals surface area contributed by atoms with Crippen molar-refractivity contribution in [1.29, 1.82) is 0 Å². The van der Waals surface area contributed by atoms with Gasteiger partial charge < -0.3 is 9.55 Å². The molecule has 0 unspecified atom stereocenters. The lowest BCUT2D eigenvalue weighted by Gasteiger charge is -2.05. The summed E-state index contributed by atoms with van der Waals surface area (Å²) in [6.45, 7) is 14.7. The van der Waals surface area contributed by atoms with E-state index in [0.29, 0.717) is 17.3 Å². The van der Waals surface area contributed by atoms with E-state index >= 15 is 0 Å². The van der Waals surface area contributed by atoms with Crippen molar-refractivity contribution < 1.29 is 0 Å². The number of rotatable bonds is 3. The fourth-order valence-corrected chi connectivity index (χ4v) is 4.93. The van der Waals surface area contributed by atoms with E-state index in [-0.39, 0.29) is 12.4 Å². The molecule has 2 aromatic carbocycles. The molecule has 0 fully saturated rings. The molecule has 0 atom stereocenters. The molecule has 0 aliphatic heterocycles. The average molecular weight is 697 g/mol. The van der Waals surface area contributed by atoms with Gasteiger partial charge in [-0.25, -0.2) is 9.69 Å². The number of pyridine rings is 2. The lowest BCUT2D eigenvalue weighted by atomic mass is 10.2. The predicted molar refractivity (Wildman–Crippen MR) is 173 cm³/mol. The van der Waals surface area contributed by atoms with E-state index in [1.165, 1.54) is 5.56 Å². The van der Waals surface area contributed by atoms with Gasteiger partial charge in [0.15, 0.2) is 11.4 Å². The van der Waals surface area contributed by atoms with Crippen LogP contribution < -0.4 is 0 Å². The van der Waals surface area contributed by atoms with Gasteiger partial charge in [0.2, 0.25) is 0 Å². The van der Waals surface area contributed by atoms with Gasteiger partial charge >= 0.3 is 0 Å². The fourth-order valence-electron chi connectivity index (χ4n) is 3.74. The van der Waals surface area contributed by atoms with Crippen molar-refractivity contribution in [3.63, 3.8) is 0 Å². The Morgan fingerprint density at radius 1 is 0.775 bits per heavy atom. The lowest BCUT2D eigenvalue weighted by Crippen LogP contribution is -1.97. The van der Waals surface area contributed by atoms with Crippen molar-refractivity contribution in [2.75, 3.05) is 0 Å². The number of nitrogens with zero attached hydrogens (tertiary/aromatic N) is 5. The van der Waals surface area contributed by atoms with E-state index < -0.39 is 0 Å². The van der Waals surface area contributed by atoms with Crippen LogP contribution in [0.2, 0.25) is 0 Å². The zero-order valence-electron chi connectivity index (χ0n) is 20.9. The molecule has 200 valence electrons. The van der Waals surface area contributed by atoms with Crippen molar-refractivity contribution in [3.8, 4) is 0 Å². The highest BCUT2D eigenvalue weighted by molar-refractivity contribution is 9.11. The maximum atomic E-state index is 7.07. The number of H-pyrrole nitrogens is 1. The molecule has 0 aliphatic rings. The van der Waals surface area contributed by atoms with Crippen molar-refractivity contribution in [3.05, 3.63) is 141 Å². The summed E-state index contributed by atoms with van der Waals surface area (Å²) in [4.78, 5) is 17.8. The van der Waals surface area contributed by atoms with Crippen molar-refractivity contribution >= 4 is 89.0 Å². The first-order chi connectivity index (χ1) is 19.0. The van der Waals surface area contributed by atoms with E-state index in [4.69, 9.17) is 24.7 Å². The molecule has 6 rings (SSSR count). The Kier molecular flexibility index (Phi) is 11.7. The topological polar surface area (TPSA) is 55.2 Å². The number of alkyl halides is 1. The summed E-state index contributed by atoms with van der Waals surface area (Å²) in [5, 5.41) is 2.13. The highest BCUT2D eigenvalue weighted by Gasteiger charge is 2.08. The number of benzene rings is 2. The minimum absolute atomic E-state index is 0. The molecule has 40 heavy (non-hydrogen) atoms. The standard InChI is InChI=1S/C15H10BrN3.C9H5BrN2.C6H6ClN.ClH/c1-17-12-2-3-15-13(8-12)14(16)10-19(15)9-11-4-6-18-7-5-11;1-11-6-2-3-9-7(4-6)8(10)5-12-9;7-5-6-1-3-8-4-2-6;/h2-8,10H,9H2;2-5,12H;1-4H,5H2;1H. The zero-order chi connectivity index (χ0) is 27.6. The Morgan fingerprint density at radius 3 is 1.93 bits per heavy atom. The third-order valence-electron chi connectivity index (χ3n) is 5.70. The highest BCUT2D eigenvalue weighted by atomic mass is 79.9. The maximum Gasteiger partial charge on any atom is 0.188 e. The first-order valence-electron chi connectivity index (χ1n) is 11.7. The number of hydrogen-bond donors (Lipinski definition) is 1. The number of fused-ring (bicyclic) bond motifs is 2. The summed E-state index contributed by atoms with van der Waals surface area (Å²) >= 11 is 12.5. The normalized spacial score (nSPS) is 9.82. The Labute approximate surface area is 260 Å². The molecule has 4 heterocycles. The van der Waals surface area contributed by atoms with Crippen molar-refractivity contribution in [2.45, 2.75) is 12.4 Å². The van der Waals surface area contributed by atoms with Crippen molar-refractivity contribution in [1.82, 2.24) is 19.5 Å². The Morgan fingerprint density at radius 2 is 1.35 bits per heavy atom. The molecule has 0 amide bonds. The number of aromatic amines is 1. The van der Waals surface area contributed by atoms with Crippen molar-refractivity contribution in [2.24, 2.45) is 0 Å². The van der Waals surface area contributed by atoms with Crippen LogP contribution in [0.4, 0.5) is 11.4 Å². The van der Waals surface area contributed by atoms with Crippen LogP contribution in [0.1, 0.15) is 11.1 Å². The number of hydrogen-bond acceptors (Lipinski definition) is 2.